The summed E-state index contributed by atoms with van der Waals surface area (Å²) < 4.78 is 0. The van der Waals surface area contributed by atoms with Gasteiger partial charge in [0.15, 0.2) is 0 Å². The lowest BCUT2D eigenvalue weighted by atomic mass is 9.84. The summed E-state index contributed by atoms with van der Waals surface area (Å²) in [5.41, 5.74) is 0.959. The molecule has 0 aliphatic rings. The molecule has 0 radical (unpaired) electrons. The molecule has 82 valence electrons. The number of hydrogen-bond donors (Lipinski definition) is 0. The normalized spacial score (nSPS) is 12.9. The molecule has 0 spiro atoms. The summed E-state index contributed by atoms with van der Waals surface area (Å²) in [6.45, 7) is 6.01. The average Bonchev–Trinajstić information content (AvgIpc) is 2.20. The highest BCUT2D eigenvalue weighted by Crippen LogP contribution is 2.31. The monoisotopic (exact) mass is 224 g/mol. The van der Waals surface area contributed by atoms with Gasteiger partial charge in [0.25, 0.3) is 0 Å². The Morgan fingerprint density at radius 2 is 1.93 bits per heavy atom. The van der Waals surface area contributed by atoms with Crippen LogP contribution in [0.5, 0.6) is 0 Å². The van der Waals surface area contributed by atoms with Crippen molar-refractivity contribution in [2.45, 2.75) is 33.1 Å². The molecular formula is C13H17ClO. The van der Waals surface area contributed by atoms with E-state index in [9.17, 15) is 4.79 Å². The maximum atomic E-state index is 11.8. The van der Waals surface area contributed by atoms with Gasteiger partial charge in [-0.2, -0.15) is 0 Å². The van der Waals surface area contributed by atoms with Gasteiger partial charge in [0, 0.05) is 17.4 Å². The fourth-order valence-electron chi connectivity index (χ4n) is 1.85. The molecule has 0 amide bonds. The first-order valence-electron chi connectivity index (χ1n) is 5.35. The molecule has 1 unspecified atom stereocenters. The second-order valence-electron chi connectivity index (χ2n) is 4.06. The highest BCUT2D eigenvalue weighted by molar-refractivity contribution is 6.31. The summed E-state index contributed by atoms with van der Waals surface area (Å²) in [6, 6.07) is 7.61. The number of carbonyl (C=O) groups excluding carboxylic acids is 1. The van der Waals surface area contributed by atoms with Gasteiger partial charge in [-0.25, -0.2) is 0 Å². The number of hydrogen-bond acceptors (Lipinski definition) is 1. The van der Waals surface area contributed by atoms with Crippen molar-refractivity contribution in [3.05, 3.63) is 34.9 Å². The topological polar surface area (TPSA) is 17.1 Å². The van der Waals surface area contributed by atoms with Crippen LogP contribution >= 0.6 is 11.6 Å². The van der Waals surface area contributed by atoms with E-state index in [1.807, 2.05) is 31.2 Å². The Bertz CT molecular complexity index is 344. The molecule has 2 heteroatoms. The van der Waals surface area contributed by atoms with Crippen LogP contribution in [0.25, 0.3) is 0 Å². The van der Waals surface area contributed by atoms with Crippen LogP contribution < -0.4 is 0 Å². The van der Waals surface area contributed by atoms with E-state index in [1.54, 1.807) is 0 Å². The Hall–Kier alpha value is -0.820. The molecule has 0 aliphatic heterocycles. The van der Waals surface area contributed by atoms with Gasteiger partial charge >= 0.3 is 0 Å². The first-order chi connectivity index (χ1) is 7.07. The molecule has 1 aromatic carbocycles. The SMILES string of the molecule is CCC(=O)C(c1ccccc1Cl)C(C)C. The van der Waals surface area contributed by atoms with Gasteiger partial charge in [0.05, 0.1) is 0 Å². The van der Waals surface area contributed by atoms with Crippen molar-refractivity contribution in [1.29, 1.82) is 0 Å². The molecule has 15 heavy (non-hydrogen) atoms. The van der Waals surface area contributed by atoms with Crippen LogP contribution in [0.15, 0.2) is 24.3 Å². The van der Waals surface area contributed by atoms with Gasteiger partial charge in [-0.3, -0.25) is 4.79 Å². The molecule has 1 rings (SSSR count). The molecule has 1 atom stereocenters. The predicted octanol–water partition coefficient (Wildman–Crippen LogP) is 4.06. The Morgan fingerprint density at radius 3 is 2.40 bits per heavy atom. The summed E-state index contributed by atoms with van der Waals surface area (Å²) in [6.07, 6.45) is 0.564. The molecule has 0 N–H and O–H groups in total. The van der Waals surface area contributed by atoms with Gasteiger partial charge in [0.1, 0.15) is 5.78 Å². The van der Waals surface area contributed by atoms with Crippen molar-refractivity contribution in [1.82, 2.24) is 0 Å². The maximum absolute atomic E-state index is 11.8. The van der Waals surface area contributed by atoms with Crippen LogP contribution in [0.1, 0.15) is 38.7 Å². The minimum absolute atomic E-state index is 0.0660. The average molecular weight is 225 g/mol. The predicted molar refractivity (Wildman–Crippen MR) is 64.3 cm³/mol. The van der Waals surface area contributed by atoms with Gasteiger partial charge < -0.3 is 0 Å². The zero-order valence-electron chi connectivity index (χ0n) is 9.46. The van der Waals surface area contributed by atoms with Crippen LogP contribution in [0, 0.1) is 5.92 Å². The Balaban J connectivity index is 3.10. The van der Waals surface area contributed by atoms with Crippen molar-refractivity contribution in [2.24, 2.45) is 5.92 Å². The van der Waals surface area contributed by atoms with Crippen molar-refractivity contribution >= 4 is 17.4 Å². The second-order valence-corrected chi connectivity index (χ2v) is 4.47. The van der Waals surface area contributed by atoms with Crippen molar-refractivity contribution in [3.63, 3.8) is 0 Å². The van der Waals surface area contributed by atoms with E-state index in [0.29, 0.717) is 11.4 Å². The first kappa shape index (κ1) is 12.3. The van der Waals surface area contributed by atoms with Gasteiger partial charge in [-0.1, -0.05) is 50.6 Å². The number of Topliss-reactive ketones (excluding diaryl/α,β-unsaturated/α-hetero) is 1. The summed E-state index contributed by atoms with van der Waals surface area (Å²) >= 11 is 6.11. The lowest BCUT2D eigenvalue weighted by Gasteiger charge is -2.20. The molecule has 0 heterocycles. The number of benzene rings is 1. The van der Waals surface area contributed by atoms with Crippen LogP contribution in [0.3, 0.4) is 0 Å². The highest BCUT2D eigenvalue weighted by Gasteiger charge is 2.24. The molecule has 0 bridgehead atoms. The number of halogens is 1. The summed E-state index contributed by atoms with van der Waals surface area (Å²) in [7, 11) is 0. The van der Waals surface area contributed by atoms with Gasteiger partial charge in [0.2, 0.25) is 0 Å². The van der Waals surface area contributed by atoms with E-state index in [0.717, 1.165) is 5.56 Å². The zero-order valence-corrected chi connectivity index (χ0v) is 10.2. The minimum atomic E-state index is -0.0660. The Labute approximate surface area is 96.5 Å². The van der Waals surface area contributed by atoms with E-state index in [4.69, 9.17) is 11.6 Å². The summed E-state index contributed by atoms with van der Waals surface area (Å²) in [4.78, 5) is 11.8. The lowest BCUT2D eigenvalue weighted by Crippen LogP contribution is -2.17. The van der Waals surface area contributed by atoms with E-state index < -0.39 is 0 Å². The molecular weight excluding hydrogens is 208 g/mol. The minimum Gasteiger partial charge on any atom is -0.299 e. The van der Waals surface area contributed by atoms with E-state index >= 15 is 0 Å². The Morgan fingerprint density at radius 1 is 1.33 bits per heavy atom. The van der Waals surface area contributed by atoms with E-state index in [-0.39, 0.29) is 17.6 Å². The summed E-state index contributed by atoms with van der Waals surface area (Å²) in [5, 5.41) is 0.693. The van der Waals surface area contributed by atoms with E-state index in [2.05, 4.69) is 13.8 Å². The third kappa shape index (κ3) is 2.82. The third-order valence-corrected chi connectivity index (χ3v) is 2.95. The third-order valence-electron chi connectivity index (χ3n) is 2.60. The molecule has 0 fully saturated rings. The molecule has 0 aromatic heterocycles. The number of rotatable bonds is 4. The van der Waals surface area contributed by atoms with Gasteiger partial charge in [-0.05, 0) is 17.5 Å². The standard InChI is InChI=1S/C13H17ClO/c1-4-12(15)13(9(2)3)10-7-5-6-8-11(10)14/h5-9,13H,4H2,1-3H3. The summed E-state index contributed by atoms with van der Waals surface area (Å²) in [5.74, 6) is 0.485. The fraction of sp³-hybridized carbons (Fsp3) is 0.462. The number of carbonyl (C=O) groups is 1. The molecule has 1 nitrogen and oxygen atoms in total. The van der Waals surface area contributed by atoms with E-state index in [1.165, 1.54) is 0 Å². The fourth-order valence-corrected chi connectivity index (χ4v) is 2.10. The molecule has 1 aromatic rings. The molecule has 0 saturated heterocycles. The van der Waals surface area contributed by atoms with Crippen LogP contribution in [-0.2, 0) is 4.79 Å². The highest BCUT2D eigenvalue weighted by atomic mass is 35.5. The van der Waals surface area contributed by atoms with Crippen molar-refractivity contribution in [3.8, 4) is 0 Å². The van der Waals surface area contributed by atoms with Crippen molar-refractivity contribution < 1.29 is 4.79 Å². The van der Waals surface area contributed by atoms with Crippen LogP contribution in [0.2, 0.25) is 5.02 Å². The smallest absolute Gasteiger partial charge is 0.140 e. The van der Waals surface area contributed by atoms with Gasteiger partial charge in [-0.15, -0.1) is 0 Å². The second kappa shape index (κ2) is 5.32. The number of ketones is 1. The Kier molecular flexibility index (Phi) is 4.34. The quantitative estimate of drug-likeness (QED) is 0.754. The van der Waals surface area contributed by atoms with Crippen LogP contribution in [0.4, 0.5) is 0 Å². The molecule has 0 saturated carbocycles. The maximum Gasteiger partial charge on any atom is 0.140 e. The molecule has 0 aliphatic carbocycles. The first-order valence-corrected chi connectivity index (χ1v) is 5.72. The lowest BCUT2D eigenvalue weighted by molar-refractivity contribution is -0.121. The zero-order chi connectivity index (χ0) is 11.4. The largest absolute Gasteiger partial charge is 0.299 e. The van der Waals surface area contributed by atoms with Crippen molar-refractivity contribution in [2.75, 3.05) is 0 Å². The van der Waals surface area contributed by atoms with Crippen LogP contribution in [-0.4, -0.2) is 5.78 Å².